The summed E-state index contributed by atoms with van der Waals surface area (Å²) < 4.78 is 6.78. The highest BCUT2D eigenvalue weighted by molar-refractivity contribution is 5.56. The number of nitrogens with zero attached hydrogens (tertiary/aromatic N) is 4. The van der Waals surface area contributed by atoms with Crippen molar-refractivity contribution in [1.29, 1.82) is 0 Å². The highest BCUT2D eigenvalue weighted by Gasteiger charge is 2.18. The van der Waals surface area contributed by atoms with Crippen LogP contribution in [-0.2, 0) is 6.42 Å². The Labute approximate surface area is 127 Å². The van der Waals surface area contributed by atoms with Gasteiger partial charge in [-0.1, -0.05) is 23.4 Å². The van der Waals surface area contributed by atoms with Crippen LogP contribution in [0.3, 0.4) is 0 Å². The lowest BCUT2D eigenvalue weighted by Crippen LogP contribution is -2.24. The van der Waals surface area contributed by atoms with Crippen LogP contribution in [0.4, 0.5) is 0 Å². The molecule has 0 aliphatic rings. The fourth-order valence-electron chi connectivity index (χ4n) is 2.04. The molecule has 0 bridgehead atoms. The van der Waals surface area contributed by atoms with Crippen molar-refractivity contribution in [3.05, 3.63) is 42.4 Å². The molecule has 0 aliphatic heterocycles. The van der Waals surface area contributed by atoms with Crippen LogP contribution in [-0.4, -0.2) is 38.1 Å². The molecule has 2 N–H and O–H groups in total. The first kappa shape index (κ1) is 14.3. The number of likely N-dealkylation sites (N-methyl/N-ethyl adjacent to an activating group) is 1. The lowest BCUT2D eigenvalue weighted by Gasteiger charge is -2.04. The predicted molar refractivity (Wildman–Crippen MR) is 80.7 cm³/mol. The fraction of sp³-hybridized carbons (Fsp3) is 0.267. The van der Waals surface area contributed by atoms with Gasteiger partial charge < -0.3 is 14.9 Å². The zero-order chi connectivity index (χ0) is 15.5. The van der Waals surface area contributed by atoms with Gasteiger partial charge in [0.05, 0.1) is 11.9 Å². The zero-order valence-electron chi connectivity index (χ0n) is 12.4. The van der Waals surface area contributed by atoms with Crippen molar-refractivity contribution in [2.45, 2.75) is 19.4 Å². The average Bonchev–Trinajstić information content (AvgIpc) is 3.14. The van der Waals surface area contributed by atoms with E-state index in [2.05, 4.69) is 20.6 Å². The minimum absolute atomic E-state index is 0.000665. The Morgan fingerprint density at radius 3 is 2.82 bits per heavy atom. The monoisotopic (exact) mass is 299 g/mol. The molecule has 3 rings (SSSR count). The maximum atomic E-state index is 10.1. The second-order valence-corrected chi connectivity index (χ2v) is 5.05. The van der Waals surface area contributed by atoms with Gasteiger partial charge in [-0.05, 0) is 26.1 Å². The third-order valence-electron chi connectivity index (χ3n) is 3.37. The smallest absolute Gasteiger partial charge is 0.282 e. The van der Waals surface area contributed by atoms with Crippen molar-refractivity contribution in [3.63, 3.8) is 0 Å². The van der Waals surface area contributed by atoms with Crippen LogP contribution in [0.2, 0.25) is 0 Å². The summed E-state index contributed by atoms with van der Waals surface area (Å²) in [5.41, 5.74) is 1.12. The lowest BCUT2D eigenvalue weighted by atomic mass is 10.2. The summed E-state index contributed by atoms with van der Waals surface area (Å²) in [5.74, 6) is 0.789. The number of aromatic nitrogens is 4. The largest absolute Gasteiger partial charge is 0.504 e. The van der Waals surface area contributed by atoms with Crippen molar-refractivity contribution in [2.24, 2.45) is 0 Å². The van der Waals surface area contributed by atoms with Crippen molar-refractivity contribution in [3.8, 4) is 23.0 Å². The van der Waals surface area contributed by atoms with E-state index in [9.17, 15) is 5.11 Å². The molecule has 0 saturated heterocycles. The molecule has 7 heteroatoms. The first-order chi connectivity index (χ1) is 10.7. The molecular weight excluding hydrogens is 282 g/mol. The van der Waals surface area contributed by atoms with Crippen LogP contribution in [0.1, 0.15) is 12.7 Å². The summed E-state index contributed by atoms with van der Waals surface area (Å²) in [6.07, 6.45) is 2.16. The van der Waals surface area contributed by atoms with E-state index in [0.29, 0.717) is 12.2 Å². The standard InChI is InChI=1S/C15H17N5O2/c1-10(16-2)8-13-17-15(22-19-13)14-12(21)9-20(18-14)11-6-4-3-5-7-11/h3-7,9-10,16,21H,8H2,1-2H3. The summed E-state index contributed by atoms with van der Waals surface area (Å²) in [6, 6.07) is 9.74. The molecule has 0 radical (unpaired) electrons. The molecule has 3 aromatic rings. The number of aromatic hydroxyl groups is 1. The Hall–Kier alpha value is -2.67. The van der Waals surface area contributed by atoms with Gasteiger partial charge in [-0.25, -0.2) is 4.68 Å². The van der Waals surface area contributed by atoms with E-state index in [1.165, 1.54) is 6.20 Å². The van der Waals surface area contributed by atoms with Gasteiger partial charge in [-0.15, -0.1) is 0 Å². The summed E-state index contributed by atoms with van der Waals surface area (Å²) in [7, 11) is 1.87. The van der Waals surface area contributed by atoms with Gasteiger partial charge in [0.2, 0.25) is 0 Å². The predicted octanol–water partition coefficient (Wildman–Crippen LogP) is 1.78. The molecular formula is C15H17N5O2. The summed E-state index contributed by atoms with van der Waals surface area (Å²) >= 11 is 0. The molecule has 2 heterocycles. The third-order valence-corrected chi connectivity index (χ3v) is 3.37. The van der Waals surface area contributed by atoms with Crippen LogP contribution < -0.4 is 5.32 Å². The Morgan fingerprint density at radius 2 is 2.09 bits per heavy atom. The molecule has 114 valence electrons. The number of hydrogen-bond acceptors (Lipinski definition) is 6. The van der Waals surface area contributed by atoms with E-state index in [1.807, 2.05) is 44.3 Å². The number of hydrogen-bond donors (Lipinski definition) is 2. The van der Waals surface area contributed by atoms with Crippen molar-refractivity contribution in [2.75, 3.05) is 7.05 Å². The van der Waals surface area contributed by atoms with E-state index >= 15 is 0 Å². The number of benzene rings is 1. The number of rotatable bonds is 5. The van der Waals surface area contributed by atoms with Gasteiger partial charge in [-0.2, -0.15) is 10.1 Å². The second-order valence-electron chi connectivity index (χ2n) is 5.05. The first-order valence-electron chi connectivity index (χ1n) is 7.01. The van der Waals surface area contributed by atoms with Gasteiger partial charge >= 0.3 is 0 Å². The van der Waals surface area contributed by atoms with E-state index in [0.717, 1.165) is 5.69 Å². The van der Waals surface area contributed by atoms with Gasteiger partial charge in [0, 0.05) is 12.5 Å². The quantitative estimate of drug-likeness (QED) is 0.746. The van der Waals surface area contributed by atoms with Crippen molar-refractivity contribution in [1.82, 2.24) is 25.2 Å². The van der Waals surface area contributed by atoms with E-state index < -0.39 is 0 Å². The SMILES string of the molecule is CNC(C)Cc1noc(-c2nn(-c3ccccc3)cc2O)n1. The maximum absolute atomic E-state index is 10.1. The molecule has 1 unspecified atom stereocenters. The normalized spacial score (nSPS) is 12.5. The molecule has 0 amide bonds. The summed E-state index contributed by atoms with van der Waals surface area (Å²) in [5, 5.41) is 21.4. The minimum Gasteiger partial charge on any atom is -0.504 e. The van der Waals surface area contributed by atoms with Crippen LogP contribution in [0.5, 0.6) is 5.75 Å². The van der Waals surface area contributed by atoms with Crippen LogP contribution in [0.25, 0.3) is 17.3 Å². The fourth-order valence-corrected chi connectivity index (χ4v) is 2.04. The second kappa shape index (κ2) is 5.98. The van der Waals surface area contributed by atoms with Crippen LogP contribution in [0, 0.1) is 0 Å². The maximum Gasteiger partial charge on any atom is 0.282 e. The topological polar surface area (TPSA) is 89.0 Å². The molecule has 0 aliphatic carbocycles. The number of nitrogens with one attached hydrogen (secondary N) is 1. The minimum atomic E-state index is 0.000665. The highest BCUT2D eigenvalue weighted by atomic mass is 16.5. The Bertz CT molecular complexity index is 750. The van der Waals surface area contributed by atoms with Gasteiger partial charge in [-0.3, -0.25) is 0 Å². The van der Waals surface area contributed by atoms with Gasteiger partial charge in [0.1, 0.15) is 0 Å². The molecule has 1 aromatic carbocycles. The zero-order valence-corrected chi connectivity index (χ0v) is 12.4. The van der Waals surface area contributed by atoms with Crippen LogP contribution >= 0.6 is 0 Å². The Balaban J connectivity index is 1.88. The van der Waals surface area contributed by atoms with Crippen molar-refractivity contribution < 1.29 is 9.63 Å². The molecule has 0 saturated carbocycles. The number of para-hydroxylation sites is 1. The molecule has 0 fully saturated rings. The molecule has 0 spiro atoms. The van der Waals surface area contributed by atoms with Gasteiger partial charge in [0.15, 0.2) is 17.3 Å². The molecule has 7 nitrogen and oxygen atoms in total. The Kier molecular flexibility index (Phi) is 3.88. The molecule has 1 atom stereocenters. The summed E-state index contributed by atoms with van der Waals surface area (Å²) in [6.45, 7) is 2.03. The van der Waals surface area contributed by atoms with E-state index in [4.69, 9.17) is 4.52 Å². The molecule has 2 aromatic heterocycles. The first-order valence-corrected chi connectivity index (χ1v) is 7.01. The highest BCUT2D eigenvalue weighted by Crippen LogP contribution is 2.27. The Morgan fingerprint density at radius 1 is 1.32 bits per heavy atom. The van der Waals surface area contributed by atoms with Gasteiger partial charge in [0.25, 0.3) is 5.89 Å². The third kappa shape index (κ3) is 2.84. The average molecular weight is 299 g/mol. The summed E-state index contributed by atoms with van der Waals surface area (Å²) in [4.78, 5) is 4.28. The molecule has 22 heavy (non-hydrogen) atoms. The van der Waals surface area contributed by atoms with Crippen molar-refractivity contribution >= 4 is 0 Å². The lowest BCUT2D eigenvalue weighted by molar-refractivity contribution is 0.412. The van der Waals surface area contributed by atoms with Crippen LogP contribution in [0.15, 0.2) is 41.1 Å². The van der Waals surface area contributed by atoms with E-state index in [-0.39, 0.29) is 23.4 Å². The van der Waals surface area contributed by atoms with E-state index in [1.54, 1.807) is 4.68 Å².